The van der Waals surface area contributed by atoms with Gasteiger partial charge in [-0.05, 0) is 34.1 Å². The first-order valence-electron chi connectivity index (χ1n) is 4.96. The van der Waals surface area contributed by atoms with Crippen LogP contribution in [-0.2, 0) is 19.1 Å². The average molecular weight is 301 g/mol. The van der Waals surface area contributed by atoms with Crippen molar-refractivity contribution in [2.24, 2.45) is 0 Å². The monoisotopic (exact) mass is 300 g/mol. The Morgan fingerprint density at radius 1 is 1.53 bits per heavy atom. The molecule has 1 atom stereocenters. The molecule has 5 nitrogen and oxygen atoms in total. The fourth-order valence-corrected chi connectivity index (χ4v) is 1.65. The number of cyclic esters (lactones) is 1. The van der Waals surface area contributed by atoms with Gasteiger partial charge in [0.1, 0.15) is 5.76 Å². The van der Waals surface area contributed by atoms with Gasteiger partial charge in [0.25, 0.3) is 0 Å². The van der Waals surface area contributed by atoms with Crippen LogP contribution in [0.1, 0.15) is 12.2 Å². The molecule has 0 spiro atoms. The van der Waals surface area contributed by atoms with Gasteiger partial charge in [0.15, 0.2) is 4.67 Å². The Bertz CT molecular complexity index is 462. The molecule has 17 heavy (non-hydrogen) atoms. The lowest BCUT2D eigenvalue weighted by Crippen LogP contribution is -2.21. The largest absolute Gasteiger partial charge is 0.463 e. The quantitative estimate of drug-likeness (QED) is 0.630. The molecule has 2 heterocycles. The van der Waals surface area contributed by atoms with Crippen LogP contribution in [0, 0.1) is 0 Å². The van der Waals surface area contributed by atoms with E-state index in [1.54, 1.807) is 12.1 Å². The summed E-state index contributed by atoms with van der Waals surface area (Å²) in [6.45, 7) is 0.297. The Hall–Kier alpha value is -1.56. The van der Waals surface area contributed by atoms with E-state index in [0.717, 1.165) is 0 Å². The van der Waals surface area contributed by atoms with Crippen LogP contribution in [0.3, 0.4) is 0 Å². The summed E-state index contributed by atoms with van der Waals surface area (Å²) in [6.07, 6.45) is 2.30. The number of rotatable bonds is 3. The van der Waals surface area contributed by atoms with E-state index in [1.165, 1.54) is 12.2 Å². The fraction of sp³-hybridized carbons (Fsp3) is 0.273. The maximum absolute atomic E-state index is 11.4. The first kappa shape index (κ1) is 11.9. The molecule has 0 aromatic carbocycles. The van der Waals surface area contributed by atoms with Crippen molar-refractivity contribution in [3.8, 4) is 0 Å². The molecular formula is C11H9BrO5. The smallest absolute Gasteiger partial charge is 0.347 e. The lowest BCUT2D eigenvalue weighted by Gasteiger charge is -2.04. The third-order valence-electron chi connectivity index (χ3n) is 2.12. The molecule has 2 rings (SSSR count). The van der Waals surface area contributed by atoms with Crippen molar-refractivity contribution in [3.05, 3.63) is 28.6 Å². The lowest BCUT2D eigenvalue weighted by atomic mass is 10.3. The molecule has 1 aliphatic rings. The van der Waals surface area contributed by atoms with Gasteiger partial charge in [-0.3, -0.25) is 0 Å². The molecule has 6 heteroatoms. The van der Waals surface area contributed by atoms with E-state index >= 15 is 0 Å². The molecule has 0 N–H and O–H groups in total. The first-order chi connectivity index (χ1) is 8.15. The minimum Gasteiger partial charge on any atom is -0.463 e. The zero-order valence-electron chi connectivity index (χ0n) is 8.72. The standard InChI is InChI=1S/C11H9BrO5/c12-9-3-1-7(16-9)2-4-10(13)17-8-5-6-15-11(8)14/h1-4,8H,5-6H2. The van der Waals surface area contributed by atoms with Gasteiger partial charge in [0, 0.05) is 12.5 Å². The van der Waals surface area contributed by atoms with E-state index in [9.17, 15) is 9.59 Å². The Kier molecular flexibility index (Phi) is 3.63. The second kappa shape index (κ2) is 5.18. The van der Waals surface area contributed by atoms with Crippen LogP contribution < -0.4 is 0 Å². The summed E-state index contributed by atoms with van der Waals surface area (Å²) in [7, 11) is 0. The summed E-state index contributed by atoms with van der Waals surface area (Å²) >= 11 is 3.14. The van der Waals surface area contributed by atoms with Crippen molar-refractivity contribution in [1.29, 1.82) is 0 Å². The van der Waals surface area contributed by atoms with Gasteiger partial charge in [-0.1, -0.05) is 0 Å². The Morgan fingerprint density at radius 3 is 2.94 bits per heavy atom. The van der Waals surface area contributed by atoms with Crippen LogP contribution in [0.4, 0.5) is 0 Å². The second-order valence-electron chi connectivity index (χ2n) is 3.36. The van der Waals surface area contributed by atoms with Crippen LogP contribution in [0.15, 0.2) is 27.3 Å². The van der Waals surface area contributed by atoms with Crippen LogP contribution in [0.25, 0.3) is 6.08 Å². The molecule has 0 aliphatic carbocycles. The molecule has 1 fully saturated rings. The maximum atomic E-state index is 11.4. The number of furan rings is 1. The molecular weight excluding hydrogens is 292 g/mol. The van der Waals surface area contributed by atoms with Gasteiger partial charge in [-0.15, -0.1) is 0 Å². The van der Waals surface area contributed by atoms with E-state index in [1.807, 2.05) is 0 Å². The van der Waals surface area contributed by atoms with Crippen molar-refractivity contribution in [2.45, 2.75) is 12.5 Å². The molecule has 0 saturated carbocycles. The van der Waals surface area contributed by atoms with E-state index in [2.05, 4.69) is 20.7 Å². The van der Waals surface area contributed by atoms with Crippen molar-refractivity contribution >= 4 is 33.9 Å². The minimum absolute atomic E-state index is 0.297. The van der Waals surface area contributed by atoms with Crippen molar-refractivity contribution in [2.75, 3.05) is 6.61 Å². The van der Waals surface area contributed by atoms with E-state index in [0.29, 0.717) is 23.5 Å². The van der Waals surface area contributed by atoms with Gasteiger partial charge in [0.05, 0.1) is 6.61 Å². The molecule has 1 aromatic heterocycles. The summed E-state index contributed by atoms with van der Waals surface area (Å²) in [6, 6.07) is 3.40. The Labute approximate surface area is 106 Å². The van der Waals surface area contributed by atoms with Gasteiger partial charge < -0.3 is 13.9 Å². The first-order valence-corrected chi connectivity index (χ1v) is 5.75. The van der Waals surface area contributed by atoms with E-state index < -0.39 is 18.0 Å². The highest BCUT2D eigenvalue weighted by Gasteiger charge is 2.29. The molecule has 1 unspecified atom stereocenters. The van der Waals surface area contributed by atoms with Crippen molar-refractivity contribution < 1.29 is 23.5 Å². The van der Waals surface area contributed by atoms with Gasteiger partial charge in [0.2, 0.25) is 6.10 Å². The zero-order chi connectivity index (χ0) is 12.3. The highest BCUT2D eigenvalue weighted by Crippen LogP contribution is 2.15. The topological polar surface area (TPSA) is 65.7 Å². The second-order valence-corrected chi connectivity index (χ2v) is 4.14. The van der Waals surface area contributed by atoms with Crippen LogP contribution in [-0.4, -0.2) is 24.6 Å². The van der Waals surface area contributed by atoms with Gasteiger partial charge in [-0.2, -0.15) is 0 Å². The summed E-state index contributed by atoms with van der Waals surface area (Å²) in [5.41, 5.74) is 0. The number of esters is 2. The fourth-order valence-electron chi connectivity index (χ4n) is 1.33. The number of ether oxygens (including phenoxy) is 2. The molecule has 90 valence electrons. The number of halogens is 1. The SMILES string of the molecule is O=C(C=Cc1ccc(Br)o1)OC1CCOC1=O. The summed E-state index contributed by atoms with van der Waals surface area (Å²) in [4.78, 5) is 22.4. The summed E-state index contributed by atoms with van der Waals surface area (Å²) in [5.74, 6) is -0.573. The van der Waals surface area contributed by atoms with Gasteiger partial charge in [-0.25, -0.2) is 9.59 Å². The highest BCUT2D eigenvalue weighted by atomic mass is 79.9. The van der Waals surface area contributed by atoms with E-state index in [4.69, 9.17) is 9.15 Å². The minimum atomic E-state index is -0.782. The summed E-state index contributed by atoms with van der Waals surface area (Å²) < 4.78 is 15.3. The Balaban J connectivity index is 1.88. The molecule has 0 amide bonds. The molecule has 1 aromatic rings. The predicted octanol–water partition coefficient (Wildman–Crippen LogP) is 1.91. The number of hydrogen-bond donors (Lipinski definition) is 0. The molecule has 0 radical (unpaired) electrons. The van der Waals surface area contributed by atoms with Gasteiger partial charge >= 0.3 is 11.9 Å². The van der Waals surface area contributed by atoms with Crippen LogP contribution in [0.5, 0.6) is 0 Å². The summed E-state index contributed by atoms with van der Waals surface area (Å²) in [5, 5.41) is 0. The van der Waals surface area contributed by atoms with Crippen molar-refractivity contribution in [1.82, 2.24) is 0 Å². The number of hydrogen-bond acceptors (Lipinski definition) is 5. The normalized spacial score (nSPS) is 19.6. The van der Waals surface area contributed by atoms with E-state index in [-0.39, 0.29) is 0 Å². The Morgan fingerprint density at radius 2 is 2.35 bits per heavy atom. The number of carbonyl (C=O) groups excluding carboxylic acids is 2. The third-order valence-corrected chi connectivity index (χ3v) is 2.55. The van der Waals surface area contributed by atoms with Crippen LogP contribution >= 0.6 is 15.9 Å². The average Bonchev–Trinajstić information content (AvgIpc) is 2.86. The highest BCUT2D eigenvalue weighted by molar-refractivity contribution is 9.10. The molecule has 1 saturated heterocycles. The molecule has 0 bridgehead atoms. The zero-order valence-corrected chi connectivity index (χ0v) is 10.3. The maximum Gasteiger partial charge on any atom is 0.347 e. The molecule has 1 aliphatic heterocycles. The van der Waals surface area contributed by atoms with Crippen LogP contribution in [0.2, 0.25) is 0 Å². The van der Waals surface area contributed by atoms with Crippen molar-refractivity contribution in [3.63, 3.8) is 0 Å². The predicted molar refractivity (Wildman–Crippen MR) is 60.9 cm³/mol. The lowest BCUT2D eigenvalue weighted by molar-refractivity contribution is -0.156. The number of carbonyl (C=O) groups is 2. The third kappa shape index (κ3) is 3.20.